The van der Waals surface area contributed by atoms with Gasteiger partial charge in [0, 0.05) is 37.1 Å². The summed E-state index contributed by atoms with van der Waals surface area (Å²) in [6, 6.07) is 11.1. The minimum atomic E-state index is 0.449. The lowest BCUT2D eigenvalue weighted by atomic mass is 10.2. The van der Waals surface area contributed by atoms with Crippen LogP contribution in [0.1, 0.15) is 0 Å². The van der Waals surface area contributed by atoms with E-state index >= 15 is 0 Å². The van der Waals surface area contributed by atoms with Gasteiger partial charge in [0.15, 0.2) is 0 Å². The normalized spacial score (nSPS) is 10.9. The monoisotopic (exact) mass is 402 g/mol. The Hall–Kier alpha value is -2.41. The molecule has 2 N–H and O–H groups in total. The molecule has 3 aromatic rings. The average molecular weight is 403 g/mol. The first-order valence-electron chi connectivity index (χ1n) is 8.42. The lowest BCUT2D eigenvalue weighted by Crippen LogP contribution is -2.21. The predicted molar refractivity (Wildman–Crippen MR) is 112 cm³/mol. The predicted octanol–water partition coefficient (Wildman–Crippen LogP) is 4.56. The number of benzene rings is 1. The van der Waals surface area contributed by atoms with Crippen molar-refractivity contribution >= 4 is 40.7 Å². The van der Waals surface area contributed by atoms with Crippen LogP contribution in [0.2, 0.25) is 10.0 Å². The van der Waals surface area contributed by atoms with Crippen LogP contribution in [0.15, 0.2) is 48.8 Å². The second-order valence-corrected chi connectivity index (χ2v) is 6.94. The summed E-state index contributed by atoms with van der Waals surface area (Å²) >= 11 is 12.4. The molecule has 6 nitrogen and oxygen atoms in total. The first kappa shape index (κ1) is 19.4. The number of likely N-dealkylation sites (N-methyl/N-ethyl adjacent to an activating group) is 1. The van der Waals surface area contributed by atoms with E-state index in [1.54, 1.807) is 18.5 Å². The van der Waals surface area contributed by atoms with Gasteiger partial charge >= 0.3 is 0 Å². The highest BCUT2D eigenvalue weighted by atomic mass is 35.5. The molecule has 8 heteroatoms. The van der Waals surface area contributed by atoms with E-state index in [2.05, 4.69) is 30.5 Å². The highest BCUT2D eigenvalue weighted by molar-refractivity contribution is 6.43. The van der Waals surface area contributed by atoms with Crippen LogP contribution in [0.25, 0.3) is 11.3 Å². The molecule has 0 unspecified atom stereocenters. The quantitative estimate of drug-likeness (QED) is 0.603. The molecule has 0 atom stereocenters. The molecule has 0 aliphatic carbocycles. The summed E-state index contributed by atoms with van der Waals surface area (Å²) in [5.74, 6) is 1.15. The fraction of sp³-hybridized carbons (Fsp3) is 0.211. The van der Waals surface area contributed by atoms with Crippen molar-refractivity contribution in [3.8, 4) is 11.3 Å². The molecule has 1 aromatic carbocycles. The molecule has 27 heavy (non-hydrogen) atoms. The van der Waals surface area contributed by atoms with Gasteiger partial charge < -0.3 is 15.5 Å². The van der Waals surface area contributed by atoms with Crippen molar-refractivity contribution in [3.05, 3.63) is 58.8 Å². The Labute approximate surface area is 168 Å². The minimum absolute atomic E-state index is 0.449. The molecule has 0 fully saturated rings. The van der Waals surface area contributed by atoms with Gasteiger partial charge in [-0.3, -0.25) is 4.98 Å². The van der Waals surface area contributed by atoms with Crippen LogP contribution in [0.5, 0.6) is 0 Å². The lowest BCUT2D eigenvalue weighted by Gasteiger charge is -2.14. The number of nitrogens with zero attached hydrogens (tertiary/aromatic N) is 4. The summed E-state index contributed by atoms with van der Waals surface area (Å²) in [7, 11) is 4.04. The molecule has 0 amide bonds. The van der Waals surface area contributed by atoms with Gasteiger partial charge in [0.2, 0.25) is 5.95 Å². The van der Waals surface area contributed by atoms with E-state index in [0.29, 0.717) is 27.5 Å². The van der Waals surface area contributed by atoms with Crippen LogP contribution in [0.4, 0.5) is 17.5 Å². The number of halogens is 2. The molecule has 0 saturated carbocycles. The number of hydrogen-bond donors (Lipinski definition) is 2. The van der Waals surface area contributed by atoms with Crippen molar-refractivity contribution < 1.29 is 0 Å². The Morgan fingerprint density at radius 3 is 2.56 bits per heavy atom. The van der Waals surface area contributed by atoms with E-state index in [1.165, 1.54) is 0 Å². The summed E-state index contributed by atoms with van der Waals surface area (Å²) in [6.45, 7) is 1.59. The van der Waals surface area contributed by atoms with Gasteiger partial charge in [-0.1, -0.05) is 29.3 Å². The van der Waals surface area contributed by atoms with Gasteiger partial charge in [-0.25, -0.2) is 4.98 Å². The standard InChI is InChI=1S/C19H20Cl2N6/c1-27(2)11-10-23-19-25-16(13-6-8-22-9-7-13)12-17(26-19)24-15-5-3-4-14(20)18(15)21/h3-9,12H,10-11H2,1-2H3,(H2,23,24,25,26). The Morgan fingerprint density at radius 2 is 1.81 bits per heavy atom. The molecule has 0 saturated heterocycles. The maximum Gasteiger partial charge on any atom is 0.225 e. The summed E-state index contributed by atoms with van der Waals surface area (Å²) in [5.41, 5.74) is 2.41. The van der Waals surface area contributed by atoms with Crippen molar-refractivity contribution in [3.63, 3.8) is 0 Å². The van der Waals surface area contributed by atoms with Crippen molar-refractivity contribution in [1.82, 2.24) is 19.9 Å². The molecule has 2 aromatic heterocycles. The molecule has 0 aliphatic rings. The van der Waals surface area contributed by atoms with Crippen LogP contribution >= 0.6 is 23.2 Å². The molecule has 140 valence electrons. The van der Waals surface area contributed by atoms with Gasteiger partial charge in [0.25, 0.3) is 0 Å². The van der Waals surface area contributed by atoms with Crippen molar-refractivity contribution in [2.24, 2.45) is 0 Å². The second kappa shape index (κ2) is 8.99. The number of rotatable bonds is 7. The maximum atomic E-state index is 6.29. The highest BCUT2D eigenvalue weighted by Crippen LogP contribution is 2.32. The topological polar surface area (TPSA) is 66.0 Å². The summed E-state index contributed by atoms with van der Waals surface area (Å²) < 4.78 is 0. The number of pyridine rings is 1. The molecule has 2 heterocycles. The average Bonchev–Trinajstić information content (AvgIpc) is 2.66. The third kappa shape index (κ3) is 5.29. The van der Waals surface area contributed by atoms with Crippen molar-refractivity contribution in [1.29, 1.82) is 0 Å². The Kier molecular flexibility index (Phi) is 6.45. The van der Waals surface area contributed by atoms with Gasteiger partial charge in [0.1, 0.15) is 5.82 Å². The number of aromatic nitrogens is 3. The van der Waals surface area contributed by atoms with E-state index in [-0.39, 0.29) is 0 Å². The van der Waals surface area contributed by atoms with Crippen LogP contribution in [0.3, 0.4) is 0 Å². The Bertz CT molecular complexity index is 902. The van der Waals surface area contributed by atoms with Crippen LogP contribution in [-0.4, -0.2) is 47.0 Å². The van der Waals surface area contributed by atoms with Crippen molar-refractivity contribution in [2.45, 2.75) is 0 Å². The number of anilines is 3. The zero-order chi connectivity index (χ0) is 19.2. The van der Waals surface area contributed by atoms with Crippen molar-refractivity contribution in [2.75, 3.05) is 37.8 Å². The third-order valence-electron chi connectivity index (χ3n) is 3.76. The molecular weight excluding hydrogens is 383 g/mol. The fourth-order valence-electron chi connectivity index (χ4n) is 2.39. The summed E-state index contributed by atoms with van der Waals surface area (Å²) in [4.78, 5) is 15.3. The van der Waals surface area contributed by atoms with E-state index in [1.807, 2.05) is 44.4 Å². The van der Waals surface area contributed by atoms with Crippen LogP contribution < -0.4 is 10.6 Å². The fourth-order valence-corrected chi connectivity index (χ4v) is 2.74. The van der Waals surface area contributed by atoms with Gasteiger partial charge in [-0.2, -0.15) is 4.98 Å². The minimum Gasteiger partial charge on any atom is -0.353 e. The summed E-state index contributed by atoms with van der Waals surface area (Å²) in [5, 5.41) is 7.42. The van der Waals surface area contributed by atoms with Crippen LogP contribution in [0, 0.1) is 0 Å². The third-order valence-corrected chi connectivity index (χ3v) is 4.58. The van der Waals surface area contributed by atoms with E-state index < -0.39 is 0 Å². The zero-order valence-corrected chi connectivity index (χ0v) is 16.6. The van der Waals surface area contributed by atoms with E-state index in [4.69, 9.17) is 23.2 Å². The van der Waals surface area contributed by atoms with Gasteiger partial charge in [0.05, 0.1) is 21.4 Å². The molecule has 0 spiro atoms. The molecule has 0 aliphatic heterocycles. The second-order valence-electron chi connectivity index (χ2n) is 6.15. The van der Waals surface area contributed by atoms with E-state index in [0.717, 1.165) is 24.3 Å². The first-order chi connectivity index (χ1) is 13.0. The molecule has 0 bridgehead atoms. The highest BCUT2D eigenvalue weighted by Gasteiger charge is 2.10. The maximum absolute atomic E-state index is 6.29. The van der Waals surface area contributed by atoms with Gasteiger partial charge in [-0.05, 0) is 38.4 Å². The zero-order valence-electron chi connectivity index (χ0n) is 15.1. The molecule has 0 radical (unpaired) electrons. The number of nitrogens with one attached hydrogen (secondary N) is 2. The molecule has 3 rings (SSSR count). The molecular formula is C19H20Cl2N6. The first-order valence-corrected chi connectivity index (χ1v) is 9.17. The van der Waals surface area contributed by atoms with Gasteiger partial charge in [-0.15, -0.1) is 0 Å². The van der Waals surface area contributed by atoms with Crippen LogP contribution in [-0.2, 0) is 0 Å². The smallest absolute Gasteiger partial charge is 0.225 e. The largest absolute Gasteiger partial charge is 0.353 e. The Balaban J connectivity index is 1.92. The Morgan fingerprint density at radius 1 is 1.04 bits per heavy atom. The SMILES string of the molecule is CN(C)CCNc1nc(Nc2cccc(Cl)c2Cl)cc(-c2ccncc2)n1. The van der Waals surface area contributed by atoms with E-state index in [9.17, 15) is 0 Å². The number of hydrogen-bond acceptors (Lipinski definition) is 6. The summed E-state index contributed by atoms with van der Waals surface area (Å²) in [6.07, 6.45) is 3.47. The lowest BCUT2D eigenvalue weighted by molar-refractivity contribution is 0.425.